The van der Waals surface area contributed by atoms with Gasteiger partial charge in [-0.3, -0.25) is 0 Å². The molecule has 0 spiro atoms. The van der Waals surface area contributed by atoms with Crippen LogP contribution in [-0.4, -0.2) is 54.1 Å². The zero-order chi connectivity index (χ0) is 18.9. The number of aromatic carboxylic acids is 1. The summed E-state index contributed by atoms with van der Waals surface area (Å²) in [4.78, 5) is 23.0. The zero-order valence-corrected chi connectivity index (χ0v) is 14.4. The van der Waals surface area contributed by atoms with E-state index >= 15 is 0 Å². The summed E-state index contributed by atoms with van der Waals surface area (Å²) in [6, 6.07) is 4.52. The maximum atomic E-state index is 11.7. The molecule has 0 bridgehead atoms. The van der Waals surface area contributed by atoms with Gasteiger partial charge in [0.25, 0.3) is 0 Å². The van der Waals surface area contributed by atoms with Gasteiger partial charge in [-0.1, -0.05) is 12.1 Å². The highest BCUT2D eigenvalue weighted by Crippen LogP contribution is 2.34. The molecule has 0 saturated heterocycles. The van der Waals surface area contributed by atoms with E-state index in [2.05, 4.69) is 5.32 Å². The first-order valence-corrected chi connectivity index (χ1v) is 8.76. The molecule has 1 saturated carbocycles. The first-order chi connectivity index (χ1) is 12.3. The van der Waals surface area contributed by atoms with E-state index in [1.165, 1.54) is 6.07 Å². The van der Waals surface area contributed by atoms with Crippen molar-refractivity contribution in [2.75, 3.05) is 6.54 Å². The second-order valence-corrected chi connectivity index (χ2v) is 7.35. The molecule has 1 aromatic rings. The van der Waals surface area contributed by atoms with Gasteiger partial charge in [-0.25, -0.2) is 4.79 Å². The fourth-order valence-electron chi connectivity index (χ4n) is 3.80. The summed E-state index contributed by atoms with van der Waals surface area (Å²) >= 11 is 0. The number of rotatable bonds is 5. The number of carbonyl (C=O) groups excluding carboxylic acids is 1. The average Bonchev–Trinajstić information content (AvgIpc) is 2.62. The number of hydrogen-bond acceptors (Lipinski definition) is 7. The number of benzene rings is 1. The number of carbonyl (C=O) groups is 2. The number of para-hydroxylation sites is 1. The summed E-state index contributed by atoms with van der Waals surface area (Å²) in [5.74, 6) is -1.36. The molecule has 7 N–H and O–H groups in total. The Morgan fingerprint density at radius 1 is 1.42 bits per heavy atom. The second kappa shape index (κ2) is 7.36. The summed E-state index contributed by atoms with van der Waals surface area (Å²) < 4.78 is 5.46. The molecule has 140 valence electrons. The number of carboxylic acids is 1. The highest BCUT2D eigenvalue weighted by atomic mass is 16.5. The predicted octanol–water partition coefficient (Wildman–Crippen LogP) is -0.679. The molecule has 1 fully saturated rings. The van der Waals surface area contributed by atoms with Gasteiger partial charge in [-0.15, -0.1) is 0 Å². The molecule has 1 heterocycles. The zero-order valence-electron chi connectivity index (χ0n) is 14.4. The van der Waals surface area contributed by atoms with Gasteiger partial charge >= 0.3 is 13.1 Å². The van der Waals surface area contributed by atoms with Crippen LogP contribution in [0.2, 0.25) is 0 Å². The van der Waals surface area contributed by atoms with Crippen LogP contribution in [-0.2, 0) is 11.2 Å². The number of carboxylic acid groups (broad SMARTS) is 1. The normalized spacial score (nSPS) is 31.0. The molecule has 0 aromatic heterocycles. The van der Waals surface area contributed by atoms with Gasteiger partial charge in [-0.2, -0.15) is 0 Å². The van der Waals surface area contributed by atoms with E-state index in [9.17, 15) is 19.7 Å². The lowest BCUT2D eigenvalue weighted by Gasteiger charge is -2.40. The van der Waals surface area contributed by atoms with Crippen molar-refractivity contribution in [1.29, 1.82) is 0 Å². The average molecular weight is 361 g/mol. The lowest BCUT2D eigenvalue weighted by atomic mass is 9.69. The monoisotopic (exact) mass is 361 g/mol. The molecule has 1 unspecified atom stereocenters. The minimum absolute atomic E-state index is 0.0246. The van der Waals surface area contributed by atoms with Crippen LogP contribution in [0.25, 0.3) is 0 Å². The van der Waals surface area contributed by atoms with Crippen molar-refractivity contribution in [3.63, 3.8) is 0 Å². The highest BCUT2D eigenvalue weighted by Gasteiger charge is 2.41. The Morgan fingerprint density at radius 3 is 2.85 bits per heavy atom. The molecule has 1 aliphatic carbocycles. The van der Waals surface area contributed by atoms with E-state index in [1.807, 2.05) is 0 Å². The number of nitrogens with two attached hydrogens (primary N) is 2. The van der Waals surface area contributed by atoms with Crippen molar-refractivity contribution in [1.82, 2.24) is 5.32 Å². The van der Waals surface area contributed by atoms with E-state index in [1.54, 1.807) is 12.1 Å². The molecule has 4 atom stereocenters. The van der Waals surface area contributed by atoms with Crippen LogP contribution in [0.15, 0.2) is 18.2 Å². The van der Waals surface area contributed by atoms with Crippen molar-refractivity contribution in [3.8, 4) is 5.75 Å². The van der Waals surface area contributed by atoms with Gasteiger partial charge in [0, 0.05) is 24.0 Å². The predicted molar refractivity (Wildman–Crippen MR) is 95.8 cm³/mol. The van der Waals surface area contributed by atoms with Crippen molar-refractivity contribution in [2.24, 2.45) is 16.9 Å². The molecule has 9 heteroatoms. The van der Waals surface area contributed by atoms with Crippen LogP contribution in [0.4, 0.5) is 0 Å². The van der Waals surface area contributed by atoms with E-state index in [4.69, 9.17) is 16.1 Å². The SMILES string of the molecule is N[C@@H]1CCC(C=O)(CN[C@H]2Cc3cccc(C(=O)O)c3OB2O)C[C@H]1N. The summed E-state index contributed by atoms with van der Waals surface area (Å²) in [7, 11) is -1.20. The van der Waals surface area contributed by atoms with Crippen LogP contribution in [0.3, 0.4) is 0 Å². The molecule has 0 radical (unpaired) electrons. The minimum atomic E-state index is -1.20. The number of fused-ring (bicyclic) bond motifs is 1. The molecule has 26 heavy (non-hydrogen) atoms. The van der Waals surface area contributed by atoms with Crippen molar-refractivity contribution in [2.45, 2.75) is 43.7 Å². The minimum Gasteiger partial charge on any atom is -0.534 e. The quantitative estimate of drug-likeness (QED) is 0.342. The topological polar surface area (TPSA) is 148 Å². The van der Waals surface area contributed by atoms with Crippen LogP contribution in [0.1, 0.15) is 35.2 Å². The molecule has 1 aliphatic heterocycles. The lowest BCUT2D eigenvalue weighted by molar-refractivity contribution is -0.118. The molecular weight excluding hydrogens is 337 g/mol. The number of hydrogen-bond donors (Lipinski definition) is 5. The summed E-state index contributed by atoms with van der Waals surface area (Å²) in [5.41, 5.74) is 12.1. The van der Waals surface area contributed by atoms with Gasteiger partial charge in [0.05, 0.1) is 11.5 Å². The van der Waals surface area contributed by atoms with Crippen molar-refractivity contribution in [3.05, 3.63) is 29.3 Å². The van der Waals surface area contributed by atoms with Crippen LogP contribution >= 0.6 is 0 Å². The summed E-state index contributed by atoms with van der Waals surface area (Å²) in [6.45, 7) is 0.357. The lowest BCUT2D eigenvalue weighted by Crippen LogP contribution is -2.57. The van der Waals surface area contributed by atoms with Gasteiger partial charge in [0.1, 0.15) is 12.0 Å². The molecule has 8 nitrogen and oxygen atoms in total. The van der Waals surface area contributed by atoms with E-state index in [0.717, 1.165) is 6.29 Å². The standard InChI is InChI=1S/C17H24BN3O5/c19-12-4-5-17(9-22,7-13(12)20)8-21-14-6-10-2-1-3-11(16(23)24)15(10)26-18(14)25/h1-3,9,12-14,21,25H,4-8,19-20H2,(H,23,24)/t12-,13-,14+,17?/m1/s1. The molecule has 0 amide bonds. The van der Waals surface area contributed by atoms with E-state index in [0.29, 0.717) is 37.8 Å². The molecule has 3 rings (SSSR count). The number of nitrogens with one attached hydrogen (secondary N) is 1. The third-order valence-electron chi connectivity index (χ3n) is 5.48. The Morgan fingerprint density at radius 2 is 2.19 bits per heavy atom. The van der Waals surface area contributed by atoms with Crippen LogP contribution in [0, 0.1) is 5.41 Å². The van der Waals surface area contributed by atoms with Crippen molar-refractivity contribution < 1.29 is 24.4 Å². The highest BCUT2D eigenvalue weighted by molar-refractivity contribution is 6.46. The third kappa shape index (κ3) is 3.61. The third-order valence-corrected chi connectivity index (χ3v) is 5.48. The number of aldehydes is 1. The van der Waals surface area contributed by atoms with E-state index in [-0.39, 0.29) is 23.4 Å². The van der Waals surface area contributed by atoms with Gasteiger partial charge < -0.3 is 36.4 Å². The maximum Gasteiger partial charge on any atom is 0.541 e. The Balaban J connectivity index is 1.70. The Hall–Kier alpha value is -1.94. The van der Waals surface area contributed by atoms with Gasteiger partial charge in [0.15, 0.2) is 0 Å². The Bertz CT molecular complexity index is 703. The fourth-order valence-corrected chi connectivity index (χ4v) is 3.80. The largest absolute Gasteiger partial charge is 0.541 e. The first kappa shape index (κ1) is 18.8. The van der Waals surface area contributed by atoms with Gasteiger partial charge in [-0.05, 0) is 37.3 Å². The maximum absolute atomic E-state index is 11.7. The van der Waals surface area contributed by atoms with Crippen molar-refractivity contribution >= 4 is 19.4 Å². The molecule has 2 aliphatic rings. The summed E-state index contributed by atoms with van der Waals surface area (Å²) in [5, 5.41) is 22.7. The van der Waals surface area contributed by atoms with Crippen LogP contribution in [0.5, 0.6) is 5.75 Å². The molecule has 1 aromatic carbocycles. The fraction of sp³-hybridized carbons (Fsp3) is 0.529. The Kier molecular flexibility index (Phi) is 5.33. The molecular formula is C17H24BN3O5. The second-order valence-electron chi connectivity index (χ2n) is 7.35. The smallest absolute Gasteiger partial charge is 0.534 e. The van der Waals surface area contributed by atoms with Gasteiger partial charge in [0.2, 0.25) is 0 Å². The van der Waals surface area contributed by atoms with E-state index < -0.39 is 24.4 Å². The van der Waals surface area contributed by atoms with Crippen LogP contribution < -0.4 is 21.4 Å². The first-order valence-electron chi connectivity index (χ1n) is 8.76. The summed E-state index contributed by atoms with van der Waals surface area (Å²) in [6.07, 6.45) is 3.14. The Labute approximate surface area is 152 Å².